The van der Waals surface area contributed by atoms with Crippen molar-refractivity contribution in [2.24, 2.45) is 0 Å². The van der Waals surface area contributed by atoms with Gasteiger partial charge >= 0.3 is 0 Å². The van der Waals surface area contributed by atoms with Crippen LogP contribution in [0.2, 0.25) is 0 Å². The van der Waals surface area contributed by atoms with Gasteiger partial charge in [0.15, 0.2) is 11.5 Å². The molecule has 0 aliphatic heterocycles. The second-order valence-corrected chi connectivity index (χ2v) is 5.46. The Bertz CT molecular complexity index is 589. The lowest BCUT2D eigenvalue weighted by Gasteiger charge is -2.12. The van der Waals surface area contributed by atoms with Crippen molar-refractivity contribution in [1.82, 2.24) is 0 Å². The van der Waals surface area contributed by atoms with Gasteiger partial charge in [-0.2, -0.15) is 0 Å². The Morgan fingerprint density at radius 1 is 1.00 bits per heavy atom. The highest BCUT2D eigenvalue weighted by atomic mass is 79.9. The standard InChI is InChI=1S/C16H16BrClO3/c1-19-15-6-5-12(11-18)9-16(15)21-8-7-20-14-4-2-3-13(17)10-14/h2-6,9-10H,7-8,11H2,1H3. The van der Waals surface area contributed by atoms with E-state index in [1.54, 1.807) is 7.11 Å². The van der Waals surface area contributed by atoms with E-state index in [0.717, 1.165) is 15.8 Å². The second kappa shape index (κ2) is 8.15. The van der Waals surface area contributed by atoms with Crippen LogP contribution in [0.1, 0.15) is 5.56 Å². The Balaban J connectivity index is 1.88. The molecule has 21 heavy (non-hydrogen) atoms. The maximum atomic E-state index is 5.83. The molecule has 0 aromatic heterocycles. The Kier molecular flexibility index (Phi) is 6.21. The highest BCUT2D eigenvalue weighted by Gasteiger charge is 2.05. The molecule has 0 aliphatic rings. The summed E-state index contributed by atoms with van der Waals surface area (Å²) in [6.45, 7) is 0.874. The van der Waals surface area contributed by atoms with Crippen LogP contribution in [0.3, 0.4) is 0 Å². The molecule has 0 unspecified atom stereocenters. The zero-order valence-electron chi connectivity index (χ0n) is 11.6. The average molecular weight is 372 g/mol. The van der Waals surface area contributed by atoms with Crippen LogP contribution in [-0.4, -0.2) is 20.3 Å². The van der Waals surface area contributed by atoms with Crippen molar-refractivity contribution in [1.29, 1.82) is 0 Å². The first kappa shape index (κ1) is 16.0. The highest BCUT2D eigenvalue weighted by Crippen LogP contribution is 2.28. The van der Waals surface area contributed by atoms with Gasteiger partial charge in [0, 0.05) is 10.4 Å². The molecule has 2 rings (SSSR count). The molecule has 0 atom stereocenters. The topological polar surface area (TPSA) is 27.7 Å². The fourth-order valence-electron chi connectivity index (χ4n) is 1.78. The van der Waals surface area contributed by atoms with E-state index in [2.05, 4.69) is 15.9 Å². The second-order valence-electron chi connectivity index (χ2n) is 4.27. The first-order valence-electron chi connectivity index (χ1n) is 6.47. The number of ether oxygens (including phenoxy) is 3. The molecule has 0 spiro atoms. The van der Waals surface area contributed by atoms with Crippen LogP contribution < -0.4 is 14.2 Å². The van der Waals surface area contributed by atoms with Gasteiger partial charge in [-0.3, -0.25) is 0 Å². The molecule has 112 valence electrons. The smallest absolute Gasteiger partial charge is 0.161 e. The Morgan fingerprint density at radius 2 is 1.81 bits per heavy atom. The van der Waals surface area contributed by atoms with Gasteiger partial charge in [-0.15, -0.1) is 11.6 Å². The third-order valence-electron chi connectivity index (χ3n) is 2.79. The fraction of sp³-hybridized carbons (Fsp3) is 0.250. The Hall–Kier alpha value is -1.39. The summed E-state index contributed by atoms with van der Waals surface area (Å²) in [4.78, 5) is 0. The zero-order chi connectivity index (χ0) is 15.1. The summed E-state index contributed by atoms with van der Waals surface area (Å²) in [5, 5.41) is 0. The van der Waals surface area contributed by atoms with Crippen molar-refractivity contribution >= 4 is 27.5 Å². The van der Waals surface area contributed by atoms with Crippen molar-refractivity contribution in [2.45, 2.75) is 5.88 Å². The molecule has 0 heterocycles. The van der Waals surface area contributed by atoms with Gasteiger partial charge in [-0.25, -0.2) is 0 Å². The minimum Gasteiger partial charge on any atom is -0.493 e. The van der Waals surface area contributed by atoms with Crippen molar-refractivity contribution in [3.63, 3.8) is 0 Å². The Morgan fingerprint density at radius 3 is 2.52 bits per heavy atom. The van der Waals surface area contributed by atoms with E-state index in [1.165, 1.54) is 0 Å². The predicted molar refractivity (Wildman–Crippen MR) is 87.7 cm³/mol. The molecule has 2 aromatic carbocycles. The third kappa shape index (κ3) is 4.83. The van der Waals surface area contributed by atoms with Gasteiger partial charge in [0.25, 0.3) is 0 Å². The molecule has 0 fully saturated rings. The zero-order valence-corrected chi connectivity index (χ0v) is 14.0. The number of halogens is 2. The number of hydrogen-bond donors (Lipinski definition) is 0. The monoisotopic (exact) mass is 370 g/mol. The first-order chi connectivity index (χ1) is 10.2. The van der Waals surface area contributed by atoms with Gasteiger partial charge in [-0.1, -0.05) is 28.1 Å². The average Bonchev–Trinajstić information content (AvgIpc) is 2.51. The van der Waals surface area contributed by atoms with E-state index < -0.39 is 0 Å². The normalized spacial score (nSPS) is 10.2. The summed E-state index contributed by atoms with van der Waals surface area (Å²) < 4.78 is 17.6. The quantitative estimate of drug-likeness (QED) is 0.523. The van der Waals surface area contributed by atoms with Gasteiger partial charge in [0.2, 0.25) is 0 Å². The first-order valence-corrected chi connectivity index (χ1v) is 7.79. The number of hydrogen-bond acceptors (Lipinski definition) is 3. The molecule has 3 nitrogen and oxygen atoms in total. The predicted octanol–water partition coefficient (Wildman–Crippen LogP) is 4.65. The fourth-order valence-corrected chi connectivity index (χ4v) is 2.33. The Labute approximate surface area is 137 Å². The molecule has 0 amide bonds. The van der Waals surface area contributed by atoms with E-state index in [0.29, 0.717) is 30.6 Å². The summed E-state index contributed by atoms with van der Waals surface area (Å²) in [5.74, 6) is 2.60. The molecular weight excluding hydrogens is 356 g/mol. The number of alkyl halides is 1. The van der Waals surface area contributed by atoms with E-state index in [9.17, 15) is 0 Å². The van der Waals surface area contributed by atoms with Crippen molar-refractivity contribution < 1.29 is 14.2 Å². The molecule has 0 aliphatic carbocycles. The van der Waals surface area contributed by atoms with Gasteiger partial charge in [0.1, 0.15) is 19.0 Å². The lowest BCUT2D eigenvalue weighted by atomic mass is 10.2. The van der Waals surface area contributed by atoms with E-state index >= 15 is 0 Å². The SMILES string of the molecule is COc1ccc(CCl)cc1OCCOc1cccc(Br)c1. The van der Waals surface area contributed by atoms with Crippen LogP contribution >= 0.6 is 27.5 Å². The minimum absolute atomic E-state index is 0.425. The minimum atomic E-state index is 0.425. The molecule has 0 radical (unpaired) electrons. The van der Waals surface area contributed by atoms with Crippen molar-refractivity contribution in [3.8, 4) is 17.2 Å². The van der Waals surface area contributed by atoms with Crippen LogP contribution in [0.4, 0.5) is 0 Å². The molecular formula is C16H16BrClO3. The molecule has 0 N–H and O–H groups in total. The molecule has 0 saturated heterocycles. The highest BCUT2D eigenvalue weighted by molar-refractivity contribution is 9.10. The number of benzene rings is 2. The summed E-state index contributed by atoms with van der Waals surface area (Å²) in [6.07, 6.45) is 0. The van der Waals surface area contributed by atoms with Crippen molar-refractivity contribution in [2.75, 3.05) is 20.3 Å². The summed E-state index contributed by atoms with van der Waals surface area (Å²) in [7, 11) is 1.61. The lowest BCUT2D eigenvalue weighted by molar-refractivity contribution is 0.211. The lowest BCUT2D eigenvalue weighted by Crippen LogP contribution is -2.09. The van der Waals surface area contributed by atoms with Crippen LogP contribution in [0.15, 0.2) is 46.9 Å². The molecule has 0 bridgehead atoms. The van der Waals surface area contributed by atoms with Crippen LogP contribution in [0.25, 0.3) is 0 Å². The maximum absolute atomic E-state index is 5.83. The number of methoxy groups -OCH3 is 1. The van der Waals surface area contributed by atoms with E-state index in [4.69, 9.17) is 25.8 Å². The number of rotatable bonds is 7. The van der Waals surface area contributed by atoms with Gasteiger partial charge in [0.05, 0.1) is 7.11 Å². The third-order valence-corrected chi connectivity index (χ3v) is 3.59. The van der Waals surface area contributed by atoms with Crippen molar-refractivity contribution in [3.05, 3.63) is 52.5 Å². The summed E-state index contributed by atoms with van der Waals surface area (Å²) in [5.41, 5.74) is 0.986. The maximum Gasteiger partial charge on any atom is 0.161 e. The van der Waals surface area contributed by atoms with Gasteiger partial charge < -0.3 is 14.2 Å². The molecule has 5 heteroatoms. The summed E-state index contributed by atoms with van der Waals surface area (Å²) >= 11 is 9.23. The van der Waals surface area contributed by atoms with Gasteiger partial charge in [-0.05, 0) is 35.9 Å². The molecule has 2 aromatic rings. The van der Waals surface area contributed by atoms with Crippen LogP contribution in [0, 0.1) is 0 Å². The largest absolute Gasteiger partial charge is 0.493 e. The summed E-state index contributed by atoms with van der Waals surface area (Å²) in [6, 6.07) is 13.3. The van der Waals surface area contributed by atoms with Crippen LogP contribution in [-0.2, 0) is 5.88 Å². The van der Waals surface area contributed by atoms with E-state index in [1.807, 2.05) is 42.5 Å². The van der Waals surface area contributed by atoms with Crippen LogP contribution in [0.5, 0.6) is 17.2 Å². The van der Waals surface area contributed by atoms with E-state index in [-0.39, 0.29) is 0 Å². The molecule has 0 saturated carbocycles.